The van der Waals surface area contributed by atoms with E-state index in [1.165, 1.54) is 45.3 Å². The van der Waals surface area contributed by atoms with Crippen molar-refractivity contribution in [2.45, 2.75) is 57.9 Å². The number of hydrogen-bond acceptors (Lipinski definition) is 5. The van der Waals surface area contributed by atoms with Crippen LogP contribution in [0.1, 0.15) is 52.3 Å². The third kappa shape index (κ3) is 3.31. The molecular weight excluding hydrogens is 268 g/mol. The Balaban J connectivity index is 1.71. The van der Waals surface area contributed by atoms with Crippen LogP contribution in [0.5, 0.6) is 0 Å². The molecule has 0 spiro atoms. The summed E-state index contributed by atoms with van der Waals surface area (Å²) in [6.45, 7) is 10.1. The Labute approximate surface area is 126 Å². The molecule has 1 aromatic rings. The summed E-state index contributed by atoms with van der Waals surface area (Å²) in [6.07, 6.45) is 5.26. The van der Waals surface area contributed by atoms with E-state index in [9.17, 15) is 0 Å². The molecule has 1 aromatic heterocycles. The van der Waals surface area contributed by atoms with Crippen LogP contribution in [-0.4, -0.2) is 35.0 Å². The first-order chi connectivity index (χ1) is 9.54. The fraction of sp³-hybridized carbons (Fsp3) is 0.867. The lowest BCUT2D eigenvalue weighted by Crippen LogP contribution is -2.37. The number of aromatic nitrogens is 2. The molecule has 0 amide bonds. The van der Waals surface area contributed by atoms with Crippen LogP contribution in [0.15, 0.2) is 0 Å². The zero-order valence-electron chi connectivity index (χ0n) is 12.9. The van der Waals surface area contributed by atoms with Gasteiger partial charge in [0.25, 0.3) is 0 Å². The van der Waals surface area contributed by atoms with E-state index in [0.29, 0.717) is 0 Å². The van der Waals surface area contributed by atoms with Gasteiger partial charge in [-0.2, -0.15) is 4.37 Å². The predicted octanol–water partition coefficient (Wildman–Crippen LogP) is 2.80. The van der Waals surface area contributed by atoms with Crippen molar-refractivity contribution in [1.29, 1.82) is 0 Å². The van der Waals surface area contributed by atoms with Gasteiger partial charge >= 0.3 is 0 Å². The van der Waals surface area contributed by atoms with Crippen LogP contribution < -0.4 is 10.2 Å². The van der Waals surface area contributed by atoms with Crippen molar-refractivity contribution in [2.75, 3.05) is 24.5 Å². The molecule has 2 heterocycles. The summed E-state index contributed by atoms with van der Waals surface area (Å²) in [6, 6.07) is 0.727. The second-order valence-electron chi connectivity index (χ2n) is 7.23. The van der Waals surface area contributed by atoms with Crippen molar-refractivity contribution in [2.24, 2.45) is 5.92 Å². The predicted molar refractivity (Wildman–Crippen MR) is 84.6 cm³/mol. The van der Waals surface area contributed by atoms with Gasteiger partial charge in [0.2, 0.25) is 5.13 Å². The minimum atomic E-state index is 0.0543. The van der Waals surface area contributed by atoms with Gasteiger partial charge in [-0.3, -0.25) is 0 Å². The van der Waals surface area contributed by atoms with Gasteiger partial charge in [-0.1, -0.05) is 20.8 Å². The van der Waals surface area contributed by atoms with E-state index in [1.807, 2.05) is 0 Å². The van der Waals surface area contributed by atoms with Crippen LogP contribution in [0.4, 0.5) is 5.13 Å². The van der Waals surface area contributed by atoms with E-state index < -0.39 is 0 Å². The monoisotopic (exact) mass is 294 g/mol. The van der Waals surface area contributed by atoms with Gasteiger partial charge < -0.3 is 10.2 Å². The molecule has 0 unspecified atom stereocenters. The van der Waals surface area contributed by atoms with E-state index in [2.05, 4.69) is 35.4 Å². The zero-order valence-corrected chi connectivity index (χ0v) is 13.7. The summed E-state index contributed by atoms with van der Waals surface area (Å²) in [5.41, 5.74) is 0.0543. The highest BCUT2D eigenvalue weighted by atomic mass is 32.1. The Kier molecular flexibility index (Phi) is 4.00. The summed E-state index contributed by atoms with van der Waals surface area (Å²) in [5, 5.41) is 4.60. The Bertz CT molecular complexity index is 441. The number of anilines is 1. The number of hydrogen-bond donors (Lipinski definition) is 1. The van der Waals surface area contributed by atoms with E-state index in [-0.39, 0.29) is 5.41 Å². The first-order valence-corrected chi connectivity index (χ1v) is 8.63. The Morgan fingerprint density at radius 1 is 1.20 bits per heavy atom. The topological polar surface area (TPSA) is 41.1 Å². The molecule has 3 rings (SSSR count). The van der Waals surface area contributed by atoms with Crippen molar-refractivity contribution in [1.82, 2.24) is 14.7 Å². The molecule has 5 heteroatoms. The standard InChI is InChI=1S/C15H26N4S/c1-15(2,3)13-17-14(20-18-13)19(12-4-5-12)10-11-6-8-16-9-7-11/h11-12,16H,4-10H2,1-3H3. The minimum absolute atomic E-state index is 0.0543. The smallest absolute Gasteiger partial charge is 0.205 e. The Hall–Kier alpha value is -0.680. The summed E-state index contributed by atoms with van der Waals surface area (Å²) in [7, 11) is 0. The van der Waals surface area contributed by atoms with Gasteiger partial charge in [0, 0.05) is 29.5 Å². The van der Waals surface area contributed by atoms with Gasteiger partial charge in [-0.05, 0) is 44.7 Å². The highest BCUT2D eigenvalue weighted by Crippen LogP contribution is 2.35. The van der Waals surface area contributed by atoms with Gasteiger partial charge in [0.05, 0.1) is 0 Å². The third-order valence-electron chi connectivity index (χ3n) is 4.23. The summed E-state index contributed by atoms with van der Waals surface area (Å²) in [5.74, 6) is 1.81. The molecule has 0 radical (unpaired) electrons. The maximum Gasteiger partial charge on any atom is 0.205 e. The first-order valence-electron chi connectivity index (χ1n) is 7.85. The van der Waals surface area contributed by atoms with Crippen LogP contribution in [0.3, 0.4) is 0 Å². The third-order valence-corrected chi connectivity index (χ3v) is 4.99. The summed E-state index contributed by atoms with van der Waals surface area (Å²) < 4.78 is 4.59. The SMILES string of the molecule is CC(C)(C)c1nsc(N(CC2CCNCC2)C2CC2)n1. The first kappa shape index (κ1) is 14.3. The Morgan fingerprint density at radius 2 is 1.90 bits per heavy atom. The maximum absolute atomic E-state index is 4.83. The normalized spacial score (nSPS) is 21.1. The van der Waals surface area contributed by atoms with Gasteiger partial charge in [-0.15, -0.1) is 0 Å². The summed E-state index contributed by atoms with van der Waals surface area (Å²) >= 11 is 1.59. The van der Waals surface area contributed by atoms with Crippen LogP contribution in [0.25, 0.3) is 0 Å². The zero-order chi connectivity index (χ0) is 14.2. The second-order valence-corrected chi connectivity index (χ2v) is 7.96. The molecule has 0 atom stereocenters. The van der Waals surface area contributed by atoms with Crippen molar-refractivity contribution in [3.63, 3.8) is 0 Å². The molecule has 1 N–H and O–H groups in total. The second kappa shape index (κ2) is 5.60. The fourth-order valence-corrected chi connectivity index (χ4v) is 3.69. The molecule has 0 bridgehead atoms. The average Bonchev–Trinajstić information content (AvgIpc) is 3.12. The molecule has 1 saturated heterocycles. The van der Waals surface area contributed by atoms with E-state index in [4.69, 9.17) is 4.98 Å². The van der Waals surface area contributed by atoms with Crippen LogP contribution in [-0.2, 0) is 5.41 Å². The largest absolute Gasteiger partial charge is 0.344 e. The quantitative estimate of drug-likeness (QED) is 0.927. The van der Waals surface area contributed by atoms with Crippen molar-refractivity contribution in [3.05, 3.63) is 5.82 Å². The van der Waals surface area contributed by atoms with Gasteiger partial charge in [0.15, 0.2) is 0 Å². The molecule has 2 aliphatic rings. The molecule has 112 valence electrons. The highest BCUT2D eigenvalue weighted by Gasteiger charge is 2.34. The van der Waals surface area contributed by atoms with Crippen LogP contribution in [0, 0.1) is 5.92 Å². The van der Waals surface area contributed by atoms with E-state index in [0.717, 1.165) is 22.9 Å². The maximum atomic E-state index is 4.83. The highest BCUT2D eigenvalue weighted by molar-refractivity contribution is 7.09. The minimum Gasteiger partial charge on any atom is -0.344 e. The van der Waals surface area contributed by atoms with Crippen LogP contribution in [0.2, 0.25) is 0 Å². The molecule has 20 heavy (non-hydrogen) atoms. The van der Waals surface area contributed by atoms with Crippen molar-refractivity contribution in [3.8, 4) is 0 Å². The molecule has 1 aliphatic heterocycles. The number of rotatable bonds is 4. The van der Waals surface area contributed by atoms with Crippen molar-refractivity contribution >= 4 is 16.7 Å². The lowest BCUT2D eigenvalue weighted by Gasteiger charge is -2.29. The van der Waals surface area contributed by atoms with E-state index in [1.54, 1.807) is 11.5 Å². The molecule has 1 aliphatic carbocycles. The number of nitrogens with zero attached hydrogens (tertiary/aromatic N) is 3. The number of piperidine rings is 1. The van der Waals surface area contributed by atoms with Crippen LogP contribution >= 0.6 is 11.5 Å². The average molecular weight is 294 g/mol. The van der Waals surface area contributed by atoms with E-state index >= 15 is 0 Å². The molecule has 0 aromatic carbocycles. The lowest BCUT2D eigenvalue weighted by atomic mass is 9.96. The lowest BCUT2D eigenvalue weighted by molar-refractivity contribution is 0.372. The molecule has 4 nitrogen and oxygen atoms in total. The molecule has 2 fully saturated rings. The summed E-state index contributed by atoms with van der Waals surface area (Å²) in [4.78, 5) is 7.37. The van der Waals surface area contributed by atoms with Gasteiger partial charge in [-0.25, -0.2) is 4.98 Å². The van der Waals surface area contributed by atoms with Gasteiger partial charge in [0.1, 0.15) is 5.82 Å². The molecular formula is C15H26N4S. The molecule has 1 saturated carbocycles. The fourth-order valence-electron chi connectivity index (χ4n) is 2.75. The van der Waals surface area contributed by atoms with Crippen molar-refractivity contribution < 1.29 is 0 Å². The Morgan fingerprint density at radius 3 is 2.45 bits per heavy atom. The number of nitrogens with one attached hydrogen (secondary N) is 1.